The monoisotopic (exact) mass is 95.0 g/mol. The van der Waals surface area contributed by atoms with Crippen molar-refractivity contribution in [3.8, 4) is 0 Å². The summed E-state index contributed by atoms with van der Waals surface area (Å²) in [6.45, 7) is 1.24. The second-order valence-electron chi connectivity index (χ2n) is 0.622. The molecule has 0 saturated heterocycles. The third-order valence-electron chi connectivity index (χ3n) is 0.257. The largest absolute Gasteiger partial charge is 0.334 e. The minimum Gasteiger partial charge on any atom is -0.334 e. The van der Waals surface area contributed by atoms with E-state index in [0.717, 1.165) is 0 Å². The molecule has 2 nitrogen and oxygen atoms in total. The standard InChI is InChI=1S/C2H7O2P/c1-4-5(2)3/h5H,1-2H3/i5D. The zero-order chi connectivity index (χ0) is 5.21. The minimum absolute atomic E-state index is 1.24. The lowest BCUT2D eigenvalue weighted by atomic mass is 11.8. The molecule has 0 saturated carbocycles. The van der Waals surface area contributed by atoms with Crippen LogP contribution in [0.2, 0.25) is 0 Å². The third-order valence-corrected chi connectivity index (χ3v) is 0.771. The van der Waals surface area contributed by atoms with Crippen molar-refractivity contribution >= 4 is 7.97 Å². The van der Waals surface area contributed by atoms with Gasteiger partial charge in [-0.25, -0.2) is 0 Å². The quantitative estimate of drug-likeness (QED) is 0.449. The fourth-order valence-corrected chi connectivity index (χ4v) is 0. The van der Waals surface area contributed by atoms with E-state index in [-0.39, 0.29) is 0 Å². The zero-order valence-electron chi connectivity index (χ0n) is 4.26. The van der Waals surface area contributed by atoms with Gasteiger partial charge in [0.1, 0.15) is 1.28 Å². The van der Waals surface area contributed by atoms with Crippen molar-refractivity contribution in [3.05, 3.63) is 0 Å². The lowest BCUT2D eigenvalue weighted by Gasteiger charge is -1.79. The Kier molecular flexibility index (Phi) is 1.64. The summed E-state index contributed by atoms with van der Waals surface area (Å²) in [7, 11) is -1.64. The molecule has 0 aromatic rings. The van der Waals surface area contributed by atoms with Crippen molar-refractivity contribution in [3.63, 3.8) is 0 Å². The van der Waals surface area contributed by atoms with Gasteiger partial charge in [0.2, 0.25) is 0 Å². The molecule has 0 N–H and O–H groups in total. The molecule has 0 aromatic heterocycles. The van der Waals surface area contributed by atoms with E-state index in [2.05, 4.69) is 4.52 Å². The molecular weight excluding hydrogens is 87.0 g/mol. The summed E-state index contributed by atoms with van der Waals surface area (Å²) in [6.07, 6.45) is 0. The molecule has 0 bridgehead atoms. The van der Waals surface area contributed by atoms with E-state index < -0.39 is 7.97 Å². The van der Waals surface area contributed by atoms with Crippen LogP contribution < -0.4 is 0 Å². The van der Waals surface area contributed by atoms with Gasteiger partial charge in [-0.15, -0.1) is 0 Å². The van der Waals surface area contributed by atoms with Crippen molar-refractivity contribution in [1.29, 1.82) is 1.28 Å². The summed E-state index contributed by atoms with van der Waals surface area (Å²) in [4.78, 5) is 0. The van der Waals surface area contributed by atoms with Gasteiger partial charge in [-0.05, 0) is 0 Å². The molecule has 32 valence electrons. The summed E-state index contributed by atoms with van der Waals surface area (Å²) in [6, 6.07) is 0. The smallest absolute Gasteiger partial charge is 0.188 e. The molecule has 0 aliphatic heterocycles. The molecule has 0 aromatic carbocycles. The fourth-order valence-electron chi connectivity index (χ4n) is 0. The van der Waals surface area contributed by atoms with Crippen molar-refractivity contribution in [1.82, 2.24) is 0 Å². The Labute approximate surface area is 33.3 Å². The van der Waals surface area contributed by atoms with E-state index in [1.54, 1.807) is 0 Å². The maximum Gasteiger partial charge on any atom is 0.188 e. The summed E-state index contributed by atoms with van der Waals surface area (Å²) in [5, 5.41) is 0. The van der Waals surface area contributed by atoms with E-state index >= 15 is 0 Å². The molecule has 0 amide bonds. The van der Waals surface area contributed by atoms with Crippen LogP contribution in [0.3, 0.4) is 0 Å². The maximum absolute atomic E-state index is 10.0. The van der Waals surface area contributed by atoms with Gasteiger partial charge >= 0.3 is 0 Å². The average Bonchev–Trinajstić information content (AvgIpc) is 1.35. The Morgan fingerprint density at radius 2 is 2.40 bits per heavy atom. The molecule has 3 heteroatoms. The van der Waals surface area contributed by atoms with Gasteiger partial charge in [0, 0.05) is 13.8 Å². The lowest BCUT2D eigenvalue weighted by molar-refractivity contribution is 0.419. The molecule has 1 atom stereocenters. The molecule has 0 aliphatic carbocycles. The van der Waals surface area contributed by atoms with Crippen molar-refractivity contribution in [2.24, 2.45) is 0 Å². The van der Waals surface area contributed by atoms with Crippen LogP contribution in [0.15, 0.2) is 0 Å². The molecule has 0 aliphatic rings. The number of hydrogen-bond donors (Lipinski definition) is 0. The van der Waals surface area contributed by atoms with Gasteiger partial charge in [-0.3, -0.25) is 4.57 Å². The molecule has 0 heterocycles. The first-order valence-corrected chi connectivity index (χ1v) is 2.85. The predicted octanol–water partition coefficient (Wildman–Crippen LogP) is 0.737. The van der Waals surface area contributed by atoms with E-state index in [9.17, 15) is 4.57 Å². The molecule has 0 fully saturated rings. The van der Waals surface area contributed by atoms with Crippen LogP contribution in [-0.4, -0.2) is 15.1 Å². The Hall–Kier alpha value is 0.190. The highest BCUT2D eigenvalue weighted by Crippen LogP contribution is 2.10. The molecule has 1 unspecified atom stereocenters. The van der Waals surface area contributed by atoms with Crippen LogP contribution in [0.4, 0.5) is 0 Å². The summed E-state index contributed by atoms with van der Waals surface area (Å²) >= 11 is 0. The van der Waals surface area contributed by atoms with Crippen LogP contribution in [0.5, 0.6) is 0 Å². The van der Waals surface area contributed by atoms with Crippen LogP contribution >= 0.6 is 7.97 Å². The summed E-state index contributed by atoms with van der Waals surface area (Å²) < 4.78 is 20.7. The SMILES string of the molecule is [2H]P(C)(=O)OC. The molecular formula is C2H7O2P. The van der Waals surface area contributed by atoms with Gasteiger partial charge in [-0.2, -0.15) is 0 Å². The Morgan fingerprint density at radius 1 is 2.20 bits per heavy atom. The highest BCUT2D eigenvalue weighted by atomic mass is 31.1. The average molecular weight is 95.1 g/mol. The normalized spacial score (nSPS) is 24.0. The van der Waals surface area contributed by atoms with Gasteiger partial charge in [0.05, 0.1) is 0 Å². The number of rotatable bonds is 1. The van der Waals surface area contributed by atoms with Crippen LogP contribution in [0.25, 0.3) is 0 Å². The van der Waals surface area contributed by atoms with E-state index in [1.165, 1.54) is 13.8 Å². The predicted molar refractivity (Wildman–Crippen MR) is 21.9 cm³/mol. The number of hydrogen-bond acceptors (Lipinski definition) is 2. The Balaban J connectivity index is 3.48. The minimum atomic E-state index is -2.90. The lowest BCUT2D eigenvalue weighted by Crippen LogP contribution is -1.56. The summed E-state index contributed by atoms with van der Waals surface area (Å²) in [5.74, 6) is 0. The van der Waals surface area contributed by atoms with Crippen LogP contribution in [0.1, 0.15) is 0 Å². The van der Waals surface area contributed by atoms with Crippen LogP contribution in [-0.2, 0) is 9.09 Å². The third kappa shape index (κ3) is 4.19. The van der Waals surface area contributed by atoms with Gasteiger partial charge in [0.15, 0.2) is 7.97 Å². The topological polar surface area (TPSA) is 26.3 Å². The second-order valence-corrected chi connectivity index (χ2v) is 1.87. The molecule has 0 spiro atoms. The first-order valence-electron chi connectivity index (χ1n) is 1.67. The second kappa shape index (κ2) is 2.43. The Morgan fingerprint density at radius 3 is 2.40 bits per heavy atom. The van der Waals surface area contributed by atoms with Crippen molar-refractivity contribution < 1.29 is 9.09 Å². The highest BCUT2D eigenvalue weighted by molar-refractivity contribution is 7.38. The first-order chi connectivity index (χ1) is 2.56. The first kappa shape index (κ1) is 3.38. The zero-order valence-corrected chi connectivity index (χ0v) is 4.16. The van der Waals surface area contributed by atoms with E-state index in [4.69, 9.17) is 1.28 Å². The Bertz CT molecular complexity index is 75.6. The van der Waals surface area contributed by atoms with Gasteiger partial charge < -0.3 is 4.52 Å². The molecule has 0 rings (SSSR count). The highest BCUT2D eigenvalue weighted by Gasteiger charge is 1.72. The molecule has 0 radical (unpaired) electrons. The van der Waals surface area contributed by atoms with E-state index in [1.807, 2.05) is 0 Å². The molecule has 5 heavy (non-hydrogen) atoms. The van der Waals surface area contributed by atoms with Gasteiger partial charge in [0.25, 0.3) is 0 Å². The van der Waals surface area contributed by atoms with E-state index in [0.29, 0.717) is 0 Å². The fraction of sp³-hybridized carbons (Fsp3) is 1.00. The maximum atomic E-state index is 10.0. The van der Waals surface area contributed by atoms with Crippen LogP contribution in [0, 0.1) is 0 Å². The van der Waals surface area contributed by atoms with Crippen molar-refractivity contribution in [2.45, 2.75) is 0 Å². The van der Waals surface area contributed by atoms with Gasteiger partial charge in [-0.1, -0.05) is 0 Å². The van der Waals surface area contributed by atoms with Crippen molar-refractivity contribution in [2.75, 3.05) is 13.8 Å². The summed E-state index contributed by atoms with van der Waals surface area (Å²) in [5.41, 5.74) is 0.